The molecule has 0 unspecified atom stereocenters. The van der Waals surface area contributed by atoms with Crippen LogP contribution in [0.25, 0.3) is 10.9 Å². The average Bonchev–Trinajstić information content (AvgIpc) is 2.37. The summed E-state index contributed by atoms with van der Waals surface area (Å²) in [6.07, 6.45) is 0. The first-order chi connectivity index (χ1) is 8.62. The molecule has 0 amide bonds. The first-order valence-corrected chi connectivity index (χ1v) is 5.61. The highest BCUT2D eigenvalue weighted by atomic mass is 16.3. The van der Waals surface area contributed by atoms with Crippen LogP contribution in [0.5, 0.6) is 5.88 Å². The van der Waals surface area contributed by atoms with E-state index in [1.54, 1.807) is 33.3 Å². The van der Waals surface area contributed by atoms with Gasteiger partial charge in [-0.2, -0.15) is 0 Å². The molecule has 0 atom stereocenters. The van der Waals surface area contributed by atoms with Crippen LogP contribution in [-0.2, 0) is 0 Å². The maximum atomic E-state index is 9.66. The number of fused-ring (bicyclic) bond motifs is 1. The molecule has 1 aromatic carbocycles. The Balaban J connectivity index is 2.96. The zero-order valence-corrected chi connectivity index (χ0v) is 10.6. The molecule has 2 aromatic rings. The lowest BCUT2D eigenvalue weighted by molar-refractivity contribution is 0.456. The van der Waals surface area contributed by atoms with E-state index in [0.29, 0.717) is 11.2 Å². The third-order valence-corrected chi connectivity index (χ3v) is 2.89. The number of hydrogen-bond acceptors (Lipinski definition) is 6. The Morgan fingerprint density at radius 1 is 1.06 bits per heavy atom. The quantitative estimate of drug-likeness (QED) is 0.529. The standard InChI is InChI=1S/C12H17N5O/c1-14-7-5-9(18)17-12-8(15-2)4-6(13)11(16-3)10(7)12/h4-5,15-16H,13H2,1-3H3,(H2,14,17,18). The van der Waals surface area contributed by atoms with Gasteiger partial charge in [0.15, 0.2) is 0 Å². The third-order valence-electron chi connectivity index (χ3n) is 2.89. The predicted molar refractivity (Wildman–Crippen MR) is 76.5 cm³/mol. The molecule has 6 heteroatoms. The lowest BCUT2D eigenvalue weighted by Gasteiger charge is -2.16. The van der Waals surface area contributed by atoms with Gasteiger partial charge in [0.2, 0.25) is 5.88 Å². The van der Waals surface area contributed by atoms with E-state index in [0.717, 1.165) is 22.4 Å². The molecule has 0 aliphatic rings. The van der Waals surface area contributed by atoms with Crippen molar-refractivity contribution in [1.82, 2.24) is 4.98 Å². The zero-order valence-electron chi connectivity index (χ0n) is 10.6. The molecule has 2 rings (SSSR count). The Labute approximate surface area is 105 Å². The van der Waals surface area contributed by atoms with Gasteiger partial charge in [-0.1, -0.05) is 0 Å². The predicted octanol–water partition coefficient (Wildman–Crippen LogP) is 1.65. The molecule has 0 aliphatic carbocycles. The molecule has 6 nitrogen and oxygen atoms in total. The number of nitrogens with one attached hydrogen (secondary N) is 3. The fraction of sp³-hybridized carbons (Fsp3) is 0.250. The van der Waals surface area contributed by atoms with E-state index in [1.165, 1.54) is 0 Å². The van der Waals surface area contributed by atoms with E-state index in [9.17, 15) is 5.11 Å². The van der Waals surface area contributed by atoms with Gasteiger partial charge in [0, 0.05) is 27.2 Å². The fourth-order valence-corrected chi connectivity index (χ4v) is 2.08. The zero-order chi connectivity index (χ0) is 13.3. The molecule has 0 radical (unpaired) electrons. The number of pyridine rings is 1. The summed E-state index contributed by atoms with van der Waals surface area (Å²) in [6.45, 7) is 0. The summed E-state index contributed by atoms with van der Waals surface area (Å²) in [5, 5.41) is 19.7. The van der Waals surface area contributed by atoms with Gasteiger partial charge in [-0.05, 0) is 6.07 Å². The molecule has 96 valence electrons. The summed E-state index contributed by atoms with van der Waals surface area (Å²) in [6, 6.07) is 3.36. The van der Waals surface area contributed by atoms with Gasteiger partial charge in [0.1, 0.15) is 5.52 Å². The number of nitrogens with zero attached hydrogens (tertiary/aromatic N) is 1. The van der Waals surface area contributed by atoms with Crippen LogP contribution >= 0.6 is 0 Å². The van der Waals surface area contributed by atoms with Gasteiger partial charge in [-0.3, -0.25) is 0 Å². The Hall–Kier alpha value is -2.37. The first kappa shape index (κ1) is 12.1. The lowest BCUT2D eigenvalue weighted by atomic mass is 10.1. The van der Waals surface area contributed by atoms with Crippen LogP contribution in [0.1, 0.15) is 0 Å². The van der Waals surface area contributed by atoms with E-state index in [2.05, 4.69) is 20.9 Å². The summed E-state index contributed by atoms with van der Waals surface area (Å²) >= 11 is 0. The second-order valence-corrected chi connectivity index (χ2v) is 3.89. The summed E-state index contributed by atoms with van der Waals surface area (Å²) in [5.41, 5.74) is 9.64. The molecule has 0 saturated carbocycles. The van der Waals surface area contributed by atoms with Crippen molar-refractivity contribution in [2.45, 2.75) is 0 Å². The molecular formula is C12H17N5O. The summed E-state index contributed by atoms with van der Waals surface area (Å²) in [5.74, 6) is -0.0322. The summed E-state index contributed by atoms with van der Waals surface area (Å²) in [4.78, 5) is 4.16. The van der Waals surface area contributed by atoms with Crippen molar-refractivity contribution in [2.75, 3.05) is 42.8 Å². The molecule has 0 aliphatic heterocycles. The van der Waals surface area contributed by atoms with Crippen LogP contribution in [-0.4, -0.2) is 31.2 Å². The van der Waals surface area contributed by atoms with E-state index in [-0.39, 0.29) is 5.88 Å². The second kappa shape index (κ2) is 4.48. The van der Waals surface area contributed by atoms with Crippen molar-refractivity contribution in [3.05, 3.63) is 12.1 Å². The van der Waals surface area contributed by atoms with E-state index < -0.39 is 0 Å². The van der Waals surface area contributed by atoms with Crippen LogP contribution < -0.4 is 21.7 Å². The van der Waals surface area contributed by atoms with Crippen molar-refractivity contribution >= 4 is 33.7 Å². The fourth-order valence-electron chi connectivity index (χ4n) is 2.08. The van der Waals surface area contributed by atoms with Gasteiger partial charge in [-0.15, -0.1) is 0 Å². The van der Waals surface area contributed by atoms with Crippen molar-refractivity contribution in [2.24, 2.45) is 0 Å². The smallest absolute Gasteiger partial charge is 0.213 e. The van der Waals surface area contributed by atoms with Gasteiger partial charge < -0.3 is 26.8 Å². The van der Waals surface area contributed by atoms with E-state index in [4.69, 9.17) is 5.73 Å². The van der Waals surface area contributed by atoms with E-state index in [1.807, 2.05) is 0 Å². The van der Waals surface area contributed by atoms with Crippen LogP contribution in [0, 0.1) is 0 Å². The molecular weight excluding hydrogens is 230 g/mol. The van der Waals surface area contributed by atoms with Gasteiger partial charge >= 0.3 is 0 Å². The summed E-state index contributed by atoms with van der Waals surface area (Å²) in [7, 11) is 5.38. The molecule has 0 bridgehead atoms. The molecule has 0 fully saturated rings. The minimum Gasteiger partial charge on any atom is -0.493 e. The number of nitrogens with two attached hydrogens (primary N) is 1. The molecule has 1 heterocycles. The van der Waals surface area contributed by atoms with Crippen LogP contribution in [0.15, 0.2) is 12.1 Å². The second-order valence-electron chi connectivity index (χ2n) is 3.89. The number of rotatable bonds is 3. The third kappa shape index (κ3) is 1.71. The van der Waals surface area contributed by atoms with Crippen LogP contribution in [0.2, 0.25) is 0 Å². The molecule has 0 spiro atoms. The Kier molecular flexibility index (Phi) is 3.01. The molecule has 0 saturated heterocycles. The van der Waals surface area contributed by atoms with Gasteiger partial charge in [-0.25, -0.2) is 4.98 Å². The largest absolute Gasteiger partial charge is 0.493 e. The minimum atomic E-state index is -0.0322. The maximum absolute atomic E-state index is 9.66. The highest BCUT2D eigenvalue weighted by Gasteiger charge is 2.14. The molecule has 18 heavy (non-hydrogen) atoms. The highest BCUT2D eigenvalue weighted by molar-refractivity contribution is 6.11. The Bertz CT molecular complexity index is 597. The van der Waals surface area contributed by atoms with Gasteiger partial charge in [0.05, 0.1) is 28.1 Å². The van der Waals surface area contributed by atoms with Crippen molar-refractivity contribution in [1.29, 1.82) is 0 Å². The average molecular weight is 247 g/mol. The van der Waals surface area contributed by atoms with Crippen molar-refractivity contribution in [3.63, 3.8) is 0 Å². The molecule has 1 aromatic heterocycles. The number of anilines is 4. The minimum absolute atomic E-state index is 0.0322. The number of aromatic hydroxyl groups is 1. The van der Waals surface area contributed by atoms with Crippen molar-refractivity contribution < 1.29 is 5.11 Å². The van der Waals surface area contributed by atoms with E-state index >= 15 is 0 Å². The monoisotopic (exact) mass is 247 g/mol. The highest BCUT2D eigenvalue weighted by Crippen LogP contribution is 2.39. The number of aromatic nitrogens is 1. The van der Waals surface area contributed by atoms with Crippen LogP contribution in [0.4, 0.5) is 22.7 Å². The first-order valence-electron chi connectivity index (χ1n) is 5.61. The van der Waals surface area contributed by atoms with Crippen LogP contribution in [0.3, 0.4) is 0 Å². The maximum Gasteiger partial charge on any atom is 0.213 e. The number of benzene rings is 1. The molecule has 6 N–H and O–H groups in total. The lowest BCUT2D eigenvalue weighted by Crippen LogP contribution is -2.03. The Morgan fingerprint density at radius 2 is 1.72 bits per heavy atom. The topological polar surface area (TPSA) is 95.2 Å². The van der Waals surface area contributed by atoms with Gasteiger partial charge in [0.25, 0.3) is 0 Å². The SMILES string of the molecule is CNc1cc(N)c(NC)c2c(NC)cc(O)nc12. The number of hydrogen-bond donors (Lipinski definition) is 5. The number of nitrogen functional groups attached to an aromatic ring is 1. The van der Waals surface area contributed by atoms with Crippen molar-refractivity contribution in [3.8, 4) is 5.88 Å². The normalized spacial score (nSPS) is 10.4. The Morgan fingerprint density at radius 3 is 2.28 bits per heavy atom. The summed E-state index contributed by atoms with van der Waals surface area (Å²) < 4.78 is 0.